The molecule has 6 N–H and O–H groups in total. The van der Waals surface area contributed by atoms with E-state index in [9.17, 15) is 0 Å². The number of nitrogens with zero attached hydrogens (tertiary/aromatic N) is 1. The molecule has 0 bridgehead atoms. The largest absolute Gasteiger partial charge is 0.382 e. The molecule has 1 aromatic rings. The molecule has 0 aromatic carbocycles. The highest BCUT2D eigenvalue weighted by molar-refractivity contribution is 5.30. The number of hydrogen-bond donors (Lipinski definition) is 3. The molecular formula is C8H16N4. The molecule has 0 spiro atoms. The van der Waals surface area contributed by atoms with Gasteiger partial charge in [-0.15, -0.1) is 0 Å². The van der Waals surface area contributed by atoms with Gasteiger partial charge in [-0.2, -0.15) is 5.10 Å². The minimum atomic E-state index is 0. The number of nitrogens with two attached hydrogens (primary N) is 1. The Hall–Kier alpha value is -1.03. The van der Waals surface area contributed by atoms with Crippen molar-refractivity contribution in [2.45, 2.75) is 31.6 Å². The monoisotopic (exact) mass is 168 g/mol. The van der Waals surface area contributed by atoms with Crippen molar-refractivity contribution in [2.75, 3.05) is 5.73 Å². The van der Waals surface area contributed by atoms with Crippen molar-refractivity contribution in [3.8, 4) is 0 Å². The first-order valence-electron chi connectivity index (χ1n) is 4.17. The zero-order valence-electron chi connectivity index (χ0n) is 7.21. The van der Waals surface area contributed by atoms with Gasteiger partial charge >= 0.3 is 0 Å². The number of nitrogens with one attached hydrogen (secondary N) is 1. The van der Waals surface area contributed by atoms with E-state index in [-0.39, 0.29) is 6.15 Å². The van der Waals surface area contributed by atoms with Crippen molar-refractivity contribution in [3.63, 3.8) is 0 Å². The van der Waals surface area contributed by atoms with Crippen molar-refractivity contribution < 1.29 is 0 Å². The quantitative estimate of drug-likeness (QED) is 0.597. The maximum Gasteiger partial charge on any atom is 0.145 e. The van der Waals surface area contributed by atoms with Gasteiger partial charge in [0.25, 0.3) is 0 Å². The van der Waals surface area contributed by atoms with Crippen LogP contribution in [0.15, 0.2) is 6.07 Å². The molecule has 0 amide bonds. The first-order chi connectivity index (χ1) is 5.36. The first-order valence-corrected chi connectivity index (χ1v) is 4.17. The SMILES string of the molecule is N.Nc1cc(C2CCCC2)[nH]n1. The van der Waals surface area contributed by atoms with Crippen molar-refractivity contribution in [3.05, 3.63) is 11.8 Å². The molecular weight excluding hydrogens is 152 g/mol. The van der Waals surface area contributed by atoms with E-state index in [1.54, 1.807) is 0 Å². The van der Waals surface area contributed by atoms with Gasteiger partial charge in [0.05, 0.1) is 0 Å². The molecule has 0 saturated heterocycles. The molecule has 1 aromatic heterocycles. The van der Waals surface area contributed by atoms with Gasteiger partial charge in [-0.05, 0) is 12.8 Å². The lowest BCUT2D eigenvalue weighted by molar-refractivity contribution is 0.693. The van der Waals surface area contributed by atoms with Crippen molar-refractivity contribution >= 4 is 5.82 Å². The topological polar surface area (TPSA) is 89.7 Å². The molecule has 4 heteroatoms. The van der Waals surface area contributed by atoms with Gasteiger partial charge in [0.1, 0.15) is 5.82 Å². The highest BCUT2D eigenvalue weighted by Crippen LogP contribution is 2.33. The average molecular weight is 168 g/mol. The van der Waals surface area contributed by atoms with E-state index in [1.807, 2.05) is 6.07 Å². The summed E-state index contributed by atoms with van der Waals surface area (Å²) in [7, 11) is 0. The third kappa shape index (κ3) is 1.58. The molecule has 0 unspecified atom stereocenters. The van der Waals surface area contributed by atoms with E-state index in [1.165, 1.54) is 31.4 Å². The summed E-state index contributed by atoms with van der Waals surface area (Å²) in [6.07, 6.45) is 5.29. The zero-order valence-corrected chi connectivity index (χ0v) is 7.21. The van der Waals surface area contributed by atoms with Crippen LogP contribution in [0.2, 0.25) is 0 Å². The molecule has 1 saturated carbocycles. The maximum atomic E-state index is 5.50. The summed E-state index contributed by atoms with van der Waals surface area (Å²) in [6.45, 7) is 0. The predicted octanol–water partition coefficient (Wildman–Crippen LogP) is 1.81. The minimum Gasteiger partial charge on any atom is -0.382 e. The highest BCUT2D eigenvalue weighted by Gasteiger charge is 2.18. The van der Waals surface area contributed by atoms with Gasteiger partial charge in [-0.3, -0.25) is 5.10 Å². The number of nitrogen functional groups attached to an aromatic ring is 1. The molecule has 1 fully saturated rings. The fourth-order valence-corrected chi connectivity index (χ4v) is 1.80. The fourth-order valence-electron chi connectivity index (χ4n) is 1.80. The molecule has 68 valence electrons. The van der Waals surface area contributed by atoms with Gasteiger partial charge in [0, 0.05) is 17.7 Å². The summed E-state index contributed by atoms with van der Waals surface area (Å²) in [5.41, 5.74) is 6.73. The lowest BCUT2D eigenvalue weighted by atomic mass is 10.1. The summed E-state index contributed by atoms with van der Waals surface area (Å²) in [5.74, 6) is 1.31. The maximum absolute atomic E-state index is 5.50. The van der Waals surface area contributed by atoms with Crippen LogP contribution in [0.3, 0.4) is 0 Å². The third-order valence-electron chi connectivity index (χ3n) is 2.41. The van der Waals surface area contributed by atoms with E-state index in [0.717, 1.165) is 0 Å². The van der Waals surface area contributed by atoms with Crippen molar-refractivity contribution in [1.82, 2.24) is 16.3 Å². The van der Waals surface area contributed by atoms with Gasteiger partial charge in [0.2, 0.25) is 0 Å². The summed E-state index contributed by atoms with van der Waals surface area (Å²) < 4.78 is 0. The van der Waals surface area contributed by atoms with Crippen LogP contribution in [0.25, 0.3) is 0 Å². The number of hydrogen-bond acceptors (Lipinski definition) is 3. The minimum absolute atomic E-state index is 0. The van der Waals surface area contributed by atoms with Crippen LogP contribution in [0, 0.1) is 0 Å². The van der Waals surface area contributed by atoms with Crippen molar-refractivity contribution in [1.29, 1.82) is 0 Å². The molecule has 1 aliphatic rings. The second-order valence-electron chi connectivity index (χ2n) is 3.23. The summed E-state index contributed by atoms with van der Waals surface area (Å²) in [4.78, 5) is 0. The van der Waals surface area contributed by atoms with Gasteiger partial charge in [0.15, 0.2) is 0 Å². The predicted molar refractivity (Wildman–Crippen MR) is 49.2 cm³/mol. The summed E-state index contributed by atoms with van der Waals surface area (Å²) >= 11 is 0. The number of rotatable bonds is 1. The first kappa shape index (κ1) is 9.06. The van der Waals surface area contributed by atoms with Gasteiger partial charge < -0.3 is 11.9 Å². The molecule has 0 aliphatic heterocycles. The smallest absolute Gasteiger partial charge is 0.145 e. The van der Waals surface area contributed by atoms with Crippen molar-refractivity contribution in [2.24, 2.45) is 0 Å². The van der Waals surface area contributed by atoms with E-state index >= 15 is 0 Å². The molecule has 4 nitrogen and oxygen atoms in total. The van der Waals surface area contributed by atoms with Crippen LogP contribution in [0.4, 0.5) is 5.82 Å². The Balaban J connectivity index is 0.000000720. The zero-order chi connectivity index (χ0) is 7.68. The van der Waals surface area contributed by atoms with E-state index < -0.39 is 0 Å². The van der Waals surface area contributed by atoms with Crippen LogP contribution >= 0.6 is 0 Å². The van der Waals surface area contributed by atoms with E-state index in [4.69, 9.17) is 5.73 Å². The Morgan fingerprint density at radius 1 is 1.42 bits per heavy atom. The second-order valence-corrected chi connectivity index (χ2v) is 3.23. The number of aromatic amines is 1. The Kier molecular flexibility index (Phi) is 2.70. The summed E-state index contributed by atoms with van der Waals surface area (Å²) in [6, 6.07) is 1.95. The van der Waals surface area contributed by atoms with Crippen LogP contribution < -0.4 is 11.9 Å². The molecule has 0 atom stereocenters. The van der Waals surface area contributed by atoms with E-state index in [2.05, 4.69) is 10.2 Å². The summed E-state index contributed by atoms with van der Waals surface area (Å²) in [5, 5.41) is 6.89. The fraction of sp³-hybridized carbons (Fsp3) is 0.625. The number of aromatic nitrogens is 2. The molecule has 0 radical (unpaired) electrons. The average Bonchev–Trinajstić information content (AvgIpc) is 2.55. The van der Waals surface area contributed by atoms with Gasteiger partial charge in [-0.1, -0.05) is 12.8 Å². The molecule has 2 rings (SSSR count). The number of H-pyrrole nitrogens is 1. The lowest BCUT2D eigenvalue weighted by Crippen LogP contribution is -1.91. The Morgan fingerprint density at radius 2 is 2.08 bits per heavy atom. The molecule has 1 heterocycles. The third-order valence-corrected chi connectivity index (χ3v) is 2.41. The normalized spacial score (nSPS) is 17.7. The Bertz CT molecular complexity index is 237. The van der Waals surface area contributed by atoms with Crippen LogP contribution in [0.5, 0.6) is 0 Å². The molecule has 12 heavy (non-hydrogen) atoms. The van der Waals surface area contributed by atoms with E-state index in [0.29, 0.717) is 11.7 Å². The van der Waals surface area contributed by atoms with Crippen LogP contribution in [-0.4, -0.2) is 10.2 Å². The van der Waals surface area contributed by atoms with Gasteiger partial charge in [-0.25, -0.2) is 0 Å². The van der Waals surface area contributed by atoms with Crippen LogP contribution in [0.1, 0.15) is 37.3 Å². The van der Waals surface area contributed by atoms with Crippen LogP contribution in [-0.2, 0) is 0 Å². The molecule has 1 aliphatic carbocycles. The lowest BCUT2D eigenvalue weighted by Gasteiger charge is -2.02. The number of anilines is 1. The standard InChI is InChI=1S/C8H13N3.H3N/c9-8-5-7(10-11-8)6-3-1-2-4-6;/h5-6H,1-4H2,(H3,9,10,11);1H3. The highest BCUT2D eigenvalue weighted by atomic mass is 15.2. The Morgan fingerprint density at radius 3 is 2.58 bits per heavy atom. The second kappa shape index (κ2) is 3.58. The Labute approximate surface area is 72.1 Å².